The fourth-order valence-electron chi connectivity index (χ4n) is 3.01. The van der Waals surface area contributed by atoms with Gasteiger partial charge in [-0.1, -0.05) is 23.2 Å². The molecule has 0 unspecified atom stereocenters. The number of nitrogens with zero attached hydrogens (tertiary/aromatic N) is 2. The van der Waals surface area contributed by atoms with Gasteiger partial charge in [0.1, 0.15) is 0 Å². The molecule has 2 amide bonds. The van der Waals surface area contributed by atoms with Crippen LogP contribution in [-0.4, -0.2) is 41.3 Å². The number of hydrogen-bond donors (Lipinski definition) is 1. The summed E-state index contributed by atoms with van der Waals surface area (Å²) in [5.41, 5.74) is 0.984. The van der Waals surface area contributed by atoms with Gasteiger partial charge >= 0.3 is 0 Å². The SMILES string of the molecule is O=C(NCC1CCN(C(=O)c2cc(Cl)ccc2Cl)CC1)c1cccnc1. The Morgan fingerprint density at radius 1 is 1.19 bits per heavy atom. The molecule has 3 rings (SSSR count). The Kier molecular flexibility index (Phi) is 6.12. The van der Waals surface area contributed by atoms with E-state index in [9.17, 15) is 9.59 Å². The first-order chi connectivity index (χ1) is 12.5. The van der Waals surface area contributed by atoms with Gasteiger partial charge < -0.3 is 10.2 Å². The summed E-state index contributed by atoms with van der Waals surface area (Å²) >= 11 is 12.1. The summed E-state index contributed by atoms with van der Waals surface area (Å²) in [6, 6.07) is 8.38. The zero-order valence-corrected chi connectivity index (χ0v) is 15.6. The van der Waals surface area contributed by atoms with Crippen molar-refractivity contribution in [1.29, 1.82) is 0 Å². The Morgan fingerprint density at radius 3 is 2.65 bits per heavy atom. The summed E-state index contributed by atoms with van der Waals surface area (Å²) in [6.45, 7) is 1.86. The first-order valence-electron chi connectivity index (χ1n) is 8.47. The fraction of sp³-hybridized carbons (Fsp3) is 0.316. The van der Waals surface area contributed by atoms with E-state index in [0.29, 0.717) is 46.7 Å². The molecule has 1 aromatic heterocycles. The molecule has 1 aliphatic heterocycles. The minimum atomic E-state index is -0.123. The third-order valence-electron chi connectivity index (χ3n) is 4.54. The van der Waals surface area contributed by atoms with E-state index < -0.39 is 0 Å². The van der Waals surface area contributed by atoms with E-state index in [0.717, 1.165) is 12.8 Å². The number of nitrogens with one attached hydrogen (secondary N) is 1. The number of amides is 2. The second kappa shape index (κ2) is 8.52. The lowest BCUT2D eigenvalue weighted by Crippen LogP contribution is -2.41. The maximum atomic E-state index is 12.6. The van der Waals surface area contributed by atoms with Gasteiger partial charge in [0.05, 0.1) is 16.1 Å². The number of benzene rings is 1. The minimum absolute atomic E-state index is 0.102. The summed E-state index contributed by atoms with van der Waals surface area (Å²) in [6.07, 6.45) is 4.84. The molecule has 1 fully saturated rings. The molecule has 2 aromatic rings. The molecule has 0 aliphatic carbocycles. The van der Waals surface area contributed by atoms with Crippen LogP contribution in [0.25, 0.3) is 0 Å². The van der Waals surface area contributed by atoms with Crippen LogP contribution in [0, 0.1) is 5.92 Å². The molecule has 26 heavy (non-hydrogen) atoms. The quantitative estimate of drug-likeness (QED) is 0.864. The Morgan fingerprint density at radius 2 is 1.96 bits per heavy atom. The summed E-state index contributed by atoms with van der Waals surface area (Å²) in [4.78, 5) is 30.4. The minimum Gasteiger partial charge on any atom is -0.352 e. The van der Waals surface area contributed by atoms with Gasteiger partial charge in [-0.25, -0.2) is 0 Å². The summed E-state index contributed by atoms with van der Waals surface area (Å²) in [5.74, 6) is 0.118. The number of carbonyl (C=O) groups is 2. The number of rotatable bonds is 4. The van der Waals surface area contributed by atoms with Crippen LogP contribution in [0.3, 0.4) is 0 Å². The van der Waals surface area contributed by atoms with Crippen molar-refractivity contribution in [2.75, 3.05) is 19.6 Å². The Bertz CT molecular complexity index is 791. The molecule has 0 spiro atoms. The number of likely N-dealkylation sites (tertiary alicyclic amines) is 1. The smallest absolute Gasteiger partial charge is 0.255 e. The van der Waals surface area contributed by atoms with Crippen LogP contribution in [-0.2, 0) is 0 Å². The fourth-order valence-corrected chi connectivity index (χ4v) is 3.38. The Balaban J connectivity index is 1.50. The number of pyridine rings is 1. The molecule has 0 atom stereocenters. The first kappa shape index (κ1) is 18.7. The highest BCUT2D eigenvalue weighted by Crippen LogP contribution is 2.24. The van der Waals surface area contributed by atoms with E-state index in [2.05, 4.69) is 10.3 Å². The molecular weight excluding hydrogens is 373 g/mol. The van der Waals surface area contributed by atoms with Crippen LogP contribution >= 0.6 is 23.2 Å². The van der Waals surface area contributed by atoms with E-state index in [-0.39, 0.29) is 11.8 Å². The van der Waals surface area contributed by atoms with Crippen molar-refractivity contribution < 1.29 is 9.59 Å². The second-order valence-corrected chi connectivity index (χ2v) is 7.16. The van der Waals surface area contributed by atoms with Crippen molar-refractivity contribution >= 4 is 35.0 Å². The highest BCUT2D eigenvalue weighted by Gasteiger charge is 2.25. The van der Waals surface area contributed by atoms with Gasteiger partial charge in [0.2, 0.25) is 0 Å². The highest BCUT2D eigenvalue weighted by molar-refractivity contribution is 6.35. The van der Waals surface area contributed by atoms with Crippen LogP contribution in [0.1, 0.15) is 33.6 Å². The van der Waals surface area contributed by atoms with Gasteiger partial charge in [0, 0.05) is 37.1 Å². The molecular formula is C19H19Cl2N3O2. The summed E-state index contributed by atoms with van der Waals surface area (Å²) < 4.78 is 0. The number of hydrogen-bond acceptors (Lipinski definition) is 3. The maximum absolute atomic E-state index is 12.6. The zero-order chi connectivity index (χ0) is 18.5. The largest absolute Gasteiger partial charge is 0.352 e. The molecule has 1 aromatic carbocycles. The monoisotopic (exact) mass is 391 g/mol. The molecule has 1 saturated heterocycles. The van der Waals surface area contributed by atoms with E-state index in [4.69, 9.17) is 23.2 Å². The van der Waals surface area contributed by atoms with Crippen molar-refractivity contribution in [2.24, 2.45) is 5.92 Å². The van der Waals surface area contributed by atoms with Crippen molar-refractivity contribution in [2.45, 2.75) is 12.8 Å². The van der Waals surface area contributed by atoms with Crippen molar-refractivity contribution in [3.63, 3.8) is 0 Å². The number of piperidine rings is 1. The molecule has 5 nitrogen and oxygen atoms in total. The summed E-state index contributed by atoms with van der Waals surface area (Å²) in [7, 11) is 0. The molecule has 0 bridgehead atoms. The zero-order valence-electron chi connectivity index (χ0n) is 14.1. The van der Waals surface area contributed by atoms with E-state index in [1.807, 2.05) is 0 Å². The molecule has 7 heteroatoms. The average Bonchev–Trinajstić information content (AvgIpc) is 2.68. The van der Waals surface area contributed by atoms with Gasteiger partial charge in [0.15, 0.2) is 0 Å². The maximum Gasteiger partial charge on any atom is 0.255 e. The van der Waals surface area contributed by atoms with Crippen LogP contribution < -0.4 is 5.32 Å². The third kappa shape index (κ3) is 4.54. The van der Waals surface area contributed by atoms with Gasteiger partial charge in [-0.2, -0.15) is 0 Å². The molecule has 2 heterocycles. The Hall–Kier alpha value is -2.11. The predicted octanol–water partition coefficient (Wildman–Crippen LogP) is 3.67. The Labute approximate surface area is 162 Å². The number of aromatic nitrogens is 1. The van der Waals surface area contributed by atoms with Crippen molar-refractivity contribution in [1.82, 2.24) is 15.2 Å². The molecule has 1 N–H and O–H groups in total. The lowest BCUT2D eigenvalue weighted by atomic mass is 9.96. The van der Waals surface area contributed by atoms with E-state index >= 15 is 0 Å². The van der Waals surface area contributed by atoms with Gasteiger partial charge in [-0.3, -0.25) is 14.6 Å². The number of halogens is 2. The third-order valence-corrected chi connectivity index (χ3v) is 5.10. The standard InChI is InChI=1S/C19H19Cl2N3O2/c20-15-3-4-17(21)16(10-15)19(26)24-8-5-13(6-9-24)11-23-18(25)14-2-1-7-22-12-14/h1-4,7,10,12-13H,5-6,8-9,11H2,(H,23,25). The number of carbonyl (C=O) groups excluding carboxylic acids is 2. The van der Waals surface area contributed by atoms with Gasteiger partial charge in [-0.15, -0.1) is 0 Å². The predicted molar refractivity (Wildman–Crippen MR) is 102 cm³/mol. The van der Waals surface area contributed by atoms with Crippen molar-refractivity contribution in [3.8, 4) is 0 Å². The van der Waals surface area contributed by atoms with Gasteiger partial charge in [0.25, 0.3) is 11.8 Å². The van der Waals surface area contributed by atoms with E-state index in [1.165, 1.54) is 0 Å². The molecule has 1 aliphatic rings. The molecule has 136 valence electrons. The average molecular weight is 392 g/mol. The summed E-state index contributed by atoms with van der Waals surface area (Å²) in [5, 5.41) is 3.84. The van der Waals surface area contributed by atoms with E-state index in [1.54, 1.807) is 47.6 Å². The first-order valence-corrected chi connectivity index (χ1v) is 9.22. The van der Waals surface area contributed by atoms with Crippen LogP contribution in [0.15, 0.2) is 42.7 Å². The van der Waals surface area contributed by atoms with Crippen LogP contribution in [0.2, 0.25) is 10.0 Å². The normalized spacial score (nSPS) is 14.9. The van der Waals surface area contributed by atoms with Crippen molar-refractivity contribution in [3.05, 3.63) is 63.9 Å². The lowest BCUT2D eigenvalue weighted by molar-refractivity contribution is 0.0684. The lowest BCUT2D eigenvalue weighted by Gasteiger charge is -2.32. The topological polar surface area (TPSA) is 62.3 Å². The van der Waals surface area contributed by atoms with Crippen LogP contribution in [0.4, 0.5) is 0 Å². The second-order valence-electron chi connectivity index (χ2n) is 6.31. The molecule has 0 radical (unpaired) electrons. The molecule has 0 saturated carbocycles. The highest BCUT2D eigenvalue weighted by atomic mass is 35.5. The van der Waals surface area contributed by atoms with Gasteiger partial charge in [-0.05, 0) is 49.1 Å². The van der Waals surface area contributed by atoms with Crippen LogP contribution in [0.5, 0.6) is 0 Å².